The summed E-state index contributed by atoms with van der Waals surface area (Å²) in [5.74, 6) is 0.726. The second kappa shape index (κ2) is 8.32. The molecule has 1 amide bonds. The van der Waals surface area contributed by atoms with Crippen molar-refractivity contribution in [1.82, 2.24) is 4.98 Å². The number of hydrogen-bond donors (Lipinski definition) is 2. The summed E-state index contributed by atoms with van der Waals surface area (Å²) in [6.45, 7) is 7.15. The molecule has 1 heterocycles. The van der Waals surface area contributed by atoms with Gasteiger partial charge in [-0.2, -0.15) is 0 Å². The molecular formula is C19H25N3O. The molecule has 0 saturated carbocycles. The molecule has 122 valence electrons. The lowest BCUT2D eigenvalue weighted by atomic mass is 10.1. The van der Waals surface area contributed by atoms with E-state index in [-0.39, 0.29) is 5.91 Å². The van der Waals surface area contributed by atoms with Crippen LogP contribution in [0.1, 0.15) is 47.7 Å². The Morgan fingerprint density at radius 3 is 2.57 bits per heavy atom. The molecule has 4 nitrogen and oxygen atoms in total. The Morgan fingerprint density at radius 2 is 1.91 bits per heavy atom. The molecule has 0 aliphatic rings. The largest absolute Gasteiger partial charge is 0.370 e. The number of hydrogen-bond acceptors (Lipinski definition) is 3. The summed E-state index contributed by atoms with van der Waals surface area (Å²) in [4.78, 5) is 16.6. The number of pyridine rings is 1. The van der Waals surface area contributed by atoms with Gasteiger partial charge < -0.3 is 10.6 Å². The van der Waals surface area contributed by atoms with Crippen LogP contribution in [0.15, 0.2) is 36.5 Å². The Kier molecular flexibility index (Phi) is 6.15. The number of unbranched alkanes of at least 4 members (excludes halogenated alkanes) is 2. The summed E-state index contributed by atoms with van der Waals surface area (Å²) in [6, 6.07) is 9.47. The van der Waals surface area contributed by atoms with Gasteiger partial charge in [0.15, 0.2) is 0 Å². The summed E-state index contributed by atoms with van der Waals surface area (Å²) >= 11 is 0. The van der Waals surface area contributed by atoms with Crippen LogP contribution >= 0.6 is 0 Å². The van der Waals surface area contributed by atoms with Crippen LogP contribution in [-0.2, 0) is 0 Å². The van der Waals surface area contributed by atoms with Crippen LogP contribution < -0.4 is 10.6 Å². The number of carbonyl (C=O) groups excluding carboxylic acids is 1. The fourth-order valence-corrected chi connectivity index (χ4v) is 2.25. The first-order valence-electron chi connectivity index (χ1n) is 8.18. The molecule has 2 aromatic rings. The molecular weight excluding hydrogens is 286 g/mol. The Labute approximate surface area is 138 Å². The number of nitrogens with one attached hydrogen (secondary N) is 2. The molecule has 0 spiro atoms. The quantitative estimate of drug-likeness (QED) is 0.737. The van der Waals surface area contributed by atoms with Crippen molar-refractivity contribution in [1.29, 1.82) is 0 Å². The third-order valence-corrected chi connectivity index (χ3v) is 3.88. The highest BCUT2D eigenvalue weighted by atomic mass is 16.1. The fraction of sp³-hybridized carbons (Fsp3) is 0.368. The lowest BCUT2D eigenvalue weighted by Gasteiger charge is -2.09. The number of amides is 1. The molecule has 0 radical (unpaired) electrons. The minimum atomic E-state index is -0.112. The predicted octanol–water partition coefficient (Wildman–Crippen LogP) is 4.55. The van der Waals surface area contributed by atoms with Gasteiger partial charge in [0.1, 0.15) is 5.82 Å². The maximum absolute atomic E-state index is 12.3. The van der Waals surface area contributed by atoms with E-state index in [0.717, 1.165) is 24.3 Å². The van der Waals surface area contributed by atoms with Crippen LogP contribution in [0.4, 0.5) is 11.5 Å². The highest BCUT2D eigenvalue weighted by Crippen LogP contribution is 2.14. The van der Waals surface area contributed by atoms with Crippen LogP contribution in [0.3, 0.4) is 0 Å². The molecule has 0 fully saturated rings. The third kappa shape index (κ3) is 5.09. The monoisotopic (exact) mass is 311 g/mol. The Balaban J connectivity index is 1.92. The second-order valence-electron chi connectivity index (χ2n) is 5.82. The van der Waals surface area contributed by atoms with Crippen LogP contribution in [0.25, 0.3) is 0 Å². The van der Waals surface area contributed by atoms with Gasteiger partial charge in [0.2, 0.25) is 0 Å². The lowest BCUT2D eigenvalue weighted by Crippen LogP contribution is -2.12. The topological polar surface area (TPSA) is 54.0 Å². The number of anilines is 2. The second-order valence-corrected chi connectivity index (χ2v) is 5.82. The zero-order chi connectivity index (χ0) is 16.7. The maximum Gasteiger partial charge on any atom is 0.255 e. The summed E-state index contributed by atoms with van der Waals surface area (Å²) in [7, 11) is 0. The normalized spacial score (nSPS) is 10.4. The van der Waals surface area contributed by atoms with Crippen molar-refractivity contribution >= 4 is 17.4 Å². The van der Waals surface area contributed by atoms with Crippen molar-refractivity contribution in [3.63, 3.8) is 0 Å². The van der Waals surface area contributed by atoms with Crippen LogP contribution in [0.2, 0.25) is 0 Å². The molecule has 1 aromatic heterocycles. The first-order chi connectivity index (χ1) is 11.1. The highest BCUT2D eigenvalue weighted by Gasteiger charge is 2.07. The van der Waals surface area contributed by atoms with Gasteiger partial charge in [-0.15, -0.1) is 0 Å². The van der Waals surface area contributed by atoms with Crippen LogP contribution in [0.5, 0.6) is 0 Å². The van der Waals surface area contributed by atoms with Crippen molar-refractivity contribution in [2.75, 3.05) is 17.2 Å². The summed E-state index contributed by atoms with van der Waals surface area (Å²) in [5, 5.41) is 6.16. The molecule has 0 aliphatic heterocycles. The number of carbonyl (C=O) groups is 1. The van der Waals surface area contributed by atoms with E-state index < -0.39 is 0 Å². The van der Waals surface area contributed by atoms with Gasteiger partial charge in [0.05, 0.1) is 11.9 Å². The zero-order valence-corrected chi connectivity index (χ0v) is 14.1. The van der Waals surface area contributed by atoms with E-state index in [1.165, 1.54) is 18.4 Å². The Bertz CT molecular complexity index is 650. The van der Waals surface area contributed by atoms with Gasteiger partial charge in [-0.05, 0) is 55.7 Å². The molecule has 0 aliphatic carbocycles. The number of rotatable bonds is 7. The summed E-state index contributed by atoms with van der Waals surface area (Å²) < 4.78 is 0. The molecule has 2 N–H and O–H groups in total. The van der Waals surface area contributed by atoms with Gasteiger partial charge in [-0.25, -0.2) is 4.98 Å². The van der Waals surface area contributed by atoms with Crippen molar-refractivity contribution in [3.8, 4) is 0 Å². The van der Waals surface area contributed by atoms with Gasteiger partial charge >= 0.3 is 0 Å². The highest BCUT2D eigenvalue weighted by molar-refractivity contribution is 6.04. The van der Waals surface area contributed by atoms with E-state index in [4.69, 9.17) is 0 Å². The standard InChI is InChI=1S/C19H25N3O/c1-4-5-6-11-20-18-10-9-17(13-21-18)22-19(23)16-8-7-14(2)15(3)12-16/h7-10,12-13H,4-6,11H2,1-3H3,(H,20,21)(H,22,23). The lowest BCUT2D eigenvalue weighted by molar-refractivity contribution is 0.102. The number of aromatic nitrogens is 1. The minimum absolute atomic E-state index is 0.112. The van der Waals surface area contributed by atoms with Crippen molar-refractivity contribution in [2.45, 2.75) is 40.0 Å². The summed E-state index contributed by atoms with van der Waals surface area (Å²) in [6.07, 6.45) is 5.25. The van der Waals surface area contributed by atoms with Gasteiger partial charge in [0.25, 0.3) is 5.91 Å². The number of aryl methyl sites for hydroxylation is 2. The Morgan fingerprint density at radius 1 is 1.09 bits per heavy atom. The van der Waals surface area contributed by atoms with Crippen molar-refractivity contribution in [2.24, 2.45) is 0 Å². The van der Waals surface area contributed by atoms with Gasteiger partial charge in [-0.1, -0.05) is 25.8 Å². The smallest absolute Gasteiger partial charge is 0.255 e. The predicted molar refractivity (Wildman–Crippen MR) is 96.1 cm³/mol. The minimum Gasteiger partial charge on any atom is -0.370 e. The van der Waals surface area contributed by atoms with Crippen LogP contribution in [-0.4, -0.2) is 17.4 Å². The fourth-order valence-electron chi connectivity index (χ4n) is 2.25. The van der Waals surface area contributed by atoms with Crippen LogP contribution in [0, 0.1) is 13.8 Å². The van der Waals surface area contributed by atoms with E-state index in [0.29, 0.717) is 11.3 Å². The van der Waals surface area contributed by atoms with E-state index in [2.05, 4.69) is 22.5 Å². The first-order valence-corrected chi connectivity index (χ1v) is 8.18. The third-order valence-electron chi connectivity index (χ3n) is 3.88. The SMILES string of the molecule is CCCCCNc1ccc(NC(=O)c2ccc(C)c(C)c2)cn1. The van der Waals surface area contributed by atoms with Crippen molar-refractivity contribution < 1.29 is 4.79 Å². The molecule has 0 saturated heterocycles. The first kappa shape index (κ1) is 17.0. The molecule has 1 aromatic carbocycles. The molecule has 0 atom stereocenters. The maximum atomic E-state index is 12.3. The van der Waals surface area contributed by atoms with Gasteiger partial charge in [0, 0.05) is 12.1 Å². The van der Waals surface area contributed by atoms with E-state index in [1.807, 2.05) is 44.2 Å². The molecule has 23 heavy (non-hydrogen) atoms. The average molecular weight is 311 g/mol. The van der Waals surface area contributed by atoms with Crippen molar-refractivity contribution in [3.05, 3.63) is 53.2 Å². The van der Waals surface area contributed by atoms with E-state index in [9.17, 15) is 4.79 Å². The van der Waals surface area contributed by atoms with E-state index in [1.54, 1.807) is 6.20 Å². The molecule has 0 bridgehead atoms. The number of nitrogens with zero attached hydrogens (tertiary/aromatic N) is 1. The van der Waals surface area contributed by atoms with E-state index >= 15 is 0 Å². The zero-order valence-electron chi connectivity index (χ0n) is 14.1. The average Bonchev–Trinajstić information content (AvgIpc) is 2.55. The molecule has 2 rings (SSSR count). The van der Waals surface area contributed by atoms with Gasteiger partial charge in [-0.3, -0.25) is 4.79 Å². The Hall–Kier alpha value is -2.36. The summed E-state index contributed by atoms with van der Waals surface area (Å²) in [5.41, 5.74) is 3.66. The molecule has 4 heteroatoms. The number of benzene rings is 1. The molecule has 0 unspecified atom stereocenters.